The molecule has 0 radical (unpaired) electrons. The second-order valence-corrected chi connectivity index (χ2v) is 3.20. The lowest BCUT2D eigenvalue weighted by molar-refractivity contribution is 0.174. The highest BCUT2D eigenvalue weighted by Gasteiger charge is 2.16. The van der Waals surface area contributed by atoms with E-state index in [0.29, 0.717) is 5.57 Å². The van der Waals surface area contributed by atoms with Gasteiger partial charge in [0, 0.05) is 5.57 Å². The van der Waals surface area contributed by atoms with Gasteiger partial charge < -0.3 is 10.2 Å². The van der Waals surface area contributed by atoms with E-state index >= 15 is 0 Å². The van der Waals surface area contributed by atoms with Gasteiger partial charge in [-0.25, -0.2) is 0 Å². The number of rotatable bonds is 0. The molecule has 0 spiro atoms. The van der Waals surface area contributed by atoms with Crippen LogP contribution in [0.3, 0.4) is 0 Å². The summed E-state index contributed by atoms with van der Waals surface area (Å²) in [5.41, 5.74) is 0.473. The van der Waals surface area contributed by atoms with Crippen molar-refractivity contribution in [2.75, 3.05) is 0 Å². The number of hydrogen-bond donors (Lipinski definition) is 2. The molecular formula is C7H14O2. The van der Waals surface area contributed by atoms with Crippen LogP contribution < -0.4 is 0 Å². The van der Waals surface area contributed by atoms with Crippen LogP contribution >= 0.6 is 0 Å². The van der Waals surface area contributed by atoms with Crippen molar-refractivity contribution in [3.05, 3.63) is 11.5 Å². The van der Waals surface area contributed by atoms with Crippen molar-refractivity contribution in [1.82, 2.24) is 0 Å². The van der Waals surface area contributed by atoms with E-state index in [1.54, 1.807) is 6.92 Å². The van der Waals surface area contributed by atoms with Crippen molar-refractivity contribution in [1.29, 1.82) is 0 Å². The summed E-state index contributed by atoms with van der Waals surface area (Å²) in [4.78, 5) is 0. The van der Waals surface area contributed by atoms with Gasteiger partial charge >= 0.3 is 0 Å². The average Bonchev–Trinajstić information content (AvgIpc) is 1.62. The van der Waals surface area contributed by atoms with Gasteiger partial charge in [0.05, 0.1) is 0 Å². The fraction of sp³-hybridized carbons (Fsp3) is 0.714. The molecule has 0 aliphatic carbocycles. The van der Waals surface area contributed by atoms with Crippen LogP contribution in [0.2, 0.25) is 0 Å². The van der Waals surface area contributed by atoms with Crippen molar-refractivity contribution in [2.45, 2.75) is 27.7 Å². The van der Waals surface area contributed by atoms with E-state index in [-0.39, 0.29) is 5.41 Å². The third-order valence-electron chi connectivity index (χ3n) is 1.46. The molecule has 0 amide bonds. The van der Waals surface area contributed by atoms with Gasteiger partial charge in [-0.2, -0.15) is 0 Å². The number of hydrogen-bond acceptors (Lipinski definition) is 2. The molecular weight excluding hydrogens is 116 g/mol. The van der Waals surface area contributed by atoms with Gasteiger partial charge in [-0.1, -0.05) is 20.8 Å². The topological polar surface area (TPSA) is 40.5 Å². The summed E-state index contributed by atoms with van der Waals surface area (Å²) in [6, 6.07) is 0. The first-order chi connectivity index (χ1) is 3.85. The molecule has 0 atom stereocenters. The Bertz CT molecular complexity index is 124. The lowest BCUT2D eigenvalue weighted by atomic mass is 9.88. The first-order valence-corrected chi connectivity index (χ1v) is 2.95. The Morgan fingerprint density at radius 3 is 1.44 bits per heavy atom. The predicted octanol–water partition coefficient (Wildman–Crippen LogP) is 2.38. The third kappa shape index (κ3) is 2.40. The first kappa shape index (κ1) is 8.34. The van der Waals surface area contributed by atoms with Crippen LogP contribution in [0.25, 0.3) is 0 Å². The molecule has 0 fully saturated rings. The summed E-state index contributed by atoms with van der Waals surface area (Å²) in [6.07, 6.45) is 0. The van der Waals surface area contributed by atoms with Gasteiger partial charge in [0.25, 0.3) is 5.95 Å². The number of aliphatic hydroxyl groups is 2. The van der Waals surface area contributed by atoms with E-state index in [2.05, 4.69) is 0 Å². The van der Waals surface area contributed by atoms with Gasteiger partial charge in [0.2, 0.25) is 0 Å². The molecule has 0 aliphatic heterocycles. The zero-order chi connectivity index (χ0) is 7.65. The smallest absolute Gasteiger partial charge is 0.273 e. The maximum Gasteiger partial charge on any atom is 0.273 e. The highest BCUT2D eigenvalue weighted by atomic mass is 16.5. The third-order valence-corrected chi connectivity index (χ3v) is 1.46. The van der Waals surface area contributed by atoms with Crippen LogP contribution in [-0.4, -0.2) is 10.2 Å². The fourth-order valence-corrected chi connectivity index (χ4v) is 0.335. The molecule has 2 N–H and O–H groups in total. The number of aliphatic hydroxyl groups excluding tert-OH is 1. The van der Waals surface area contributed by atoms with E-state index in [4.69, 9.17) is 10.2 Å². The normalized spacial score (nSPS) is 11.1. The Morgan fingerprint density at radius 2 is 1.44 bits per heavy atom. The summed E-state index contributed by atoms with van der Waals surface area (Å²) in [6.45, 7) is 7.48. The standard InChI is InChI=1S/C7H14O2/c1-5(6(8)9)7(2,3)4/h8-9H,1-4H3. The Labute approximate surface area is 55.8 Å². The average molecular weight is 130 g/mol. The first-order valence-electron chi connectivity index (χ1n) is 2.95. The molecule has 0 rings (SSSR count). The minimum absolute atomic E-state index is 0.140. The van der Waals surface area contributed by atoms with Crippen molar-refractivity contribution >= 4 is 0 Å². The van der Waals surface area contributed by atoms with Crippen LogP contribution in [0.15, 0.2) is 11.5 Å². The molecule has 0 heterocycles. The Balaban J connectivity index is 4.40. The van der Waals surface area contributed by atoms with Gasteiger partial charge in [-0.05, 0) is 12.3 Å². The summed E-state index contributed by atoms with van der Waals surface area (Å²) < 4.78 is 0. The van der Waals surface area contributed by atoms with Crippen molar-refractivity contribution in [3.8, 4) is 0 Å². The van der Waals surface area contributed by atoms with Crippen LogP contribution in [0.4, 0.5) is 0 Å². The summed E-state index contributed by atoms with van der Waals surface area (Å²) >= 11 is 0. The Hall–Kier alpha value is -0.660. The monoisotopic (exact) mass is 130 g/mol. The number of allylic oxidation sites excluding steroid dienone is 1. The molecule has 0 saturated carbocycles. The largest absolute Gasteiger partial charge is 0.481 e. The molecule has 0 saturated heterocycles. The molecule has 0 aromatic carbocycles. The van der Waals surface area contributed by atoms with Gasteiger partial charge in [0.1, 0.15) is 0 Å². The summed E-state index contributed by atoms with van der Waals surface area (Å²) in [7, 11) is 0. The van der Waals surface area contributed by atoms with Crippen LogP contribution in [-0.2, 0) is 0 Å². The molecule has 0 aromatic heterocycles. The van der Waals surface area contributed by atoms with Crippen LogP contribution in [0, 0.1) is 5.41 Å². The molecule has 54 valence electrons. The second-order valence-electron chi connectivity index (χ2n) is 3.20. The van der Waals surface area contributed by atoms with Crippen LogP contribution in [0.1, 0.15) is 27.7 Å². The summed E-state index contributed by atoms with van der Waals surface area (Å²) in [5, 5.41) is 17.2. The zero-order valence-electron chi connectivity index (χ0n) is 6.39. The Kier molecular flexibility index (Phi) is 2.13. The van der Waals surface area contributed by atoms with Gasteiger partial charge in [-0.15, -0.1) is 0 Å². The molecule has 0 aromatic rings. The molecule has 9 heavy (non-hydrogen) atoms. The van der Waals surface area contributed by atoms with Crippen molar-refractivity contribution in [3.63, 3.8) is 0 Å². The molecule has 0 aliphatic rings. The van der Waals surface area contributed by atoms with E-state index in [0.717, 1.165) is 0 Å². The Morgan fingerprint density at radius 1 is 1.11 bits per heavy atom. The second kappa shape index (κ2) is 2.29. The quantitative estimate of drug-likeness (QED) is 0.494. The van der Waals surface area contributed by atoms with E-state index in [1.807, 2.05) is 20.8 Å². The minimum Gasteiger partial charge on any atom is -0.481 e. The molecule has 0 unspecified atom stereocenters. The lowest BCUT2D eigenvalue weighted by Crippen LogP contribution is -2.08. The SMILES string of the molecule is CC(=C(O)O)C(C)(C)C. The fourth-order valence-electron chi connectivity index (χ4n) is 0.335. The van der Waals surface area contributed by atoms with E-state index < -0.39 is 5.95 Å². The molecule has 2 heteroatoms. The van der Waals surface area contributed by atoms with Gasteiger partial charge in [-0.3, -0.25) is 0 Å². The molecule has 2 nitrogen and oxygen atoms in total. The lowest BCUT2D eigenvalue weighted by Gasteiger charge is -2.18. The van der Waals surface area contributed by atoms with Crippen molar-refractivity contribution < 1.29 is 10.2 Å². The van der Waals surface area contributed by atoms with Crippen molar-refractivity contribution in [2.24, 2.45) is 5.41 Å². The maximum atomic E-state index is 8.59. The predicted molar refractivity (Wildman–Crippen MR) is 37.4 cm³/mol. The summed E-state index contributed by atoms with van der Waals surface area (Å²) in [5.74, 6) is -0.553. The van der Waals surface area contributed by atoms with Gasteiger partial charge in [0.15, 0.2) is 0 Å². The highest BCUT2D eigenvalue weighted by molar-refractivity contribution is 5.06. The van der Waals surface area contributed by atoms with E-state index in [9.17, 15) is 0 Å². The minimum atomic E-state index is -0.553. The zero-order valence-corrected chi connectivity index (χ0v) is 6.39. The highest BCUT2D eigenvalue weighted by Crippen LogP contribution is 2.25. The van der Waals surface area contributed by atoms with E-state index in [1.165, 1.54) is 0 Å². The molecule has 0 bridgehead atoms. The van der Waals surface area contributed by atoms with Crippen LogP contribution in [0.5, 0.6) is 0 Å². The maximum absolute atomic E-state index is 8.59.